The van der Waals surface area contributed by atoms with Crippen LogP contribution in [-0.4, -0.2) is 37.5 Å². The lowest BCUT2D eigenvalue weighted by atomic mass is 9.84. The molecule has 1 saturated carbocycles. The fourth-order valence-electron chi connectivity index (χ4n) is 2.99. The normalized spacial score (nSPS) is 22.8. The number of carbonyl (C=O) groups excluding carboxylic acids is 1. The SMILES string of the molecule is CN(C)[C@H]1CCC[C@@H](C(=O)NCCc2ccccc2)C1. The summed E-state index contributed by atoms with van der Waals surface area (Å²) >= 11 is 0. The molecule has 3 heteroatoms. The summed E-state index contributed by atoms with van der Waals surface area (Å²) in [5, 5.41) is 3.10. The van der Waals surface area contributed by atoms with Crippen LogP contribution in [0.4, 0.5) is 0 Å². The molecular formula is C17H26N2O. The van der Waals surface area contributed by atoms with Crippen LogP contribution in [-0.2, 0) is 11.2 Å². The maximum Gasteiger partial charge on any atom is 0.223 e. The van der Waals surface area contributed by atoms with Crippen LogP contribution in [0.5, 0.6) is 0 Å². The van der Waals surface area contributed by atoms with Crippen molar-refractivity contribution in [2.75, 3.05) is 20.6 Å². The summed E-state index contributed by atoms with van der Waals surface area (Å²) < 4.78 is 0. The minimum atomic E-state index is 0.201. The predicted molar refractivity (Wildman–Crippen MR) is 82.6 cm³/mol. The van der Waals surface area contributed by atoms with Gasteiger partial charge in [-0.15, -0.1) is 0 Å². The number of benzene rings is 1. The molecule has 0 saturated heterocycles. The Hall–Kier alpha value is -1.35. The van der Waals surface area contributed by atoms with Crippen LogP contribution in [0.1, 0.15) is 31.2 Å². The maximum atomic E-state index is 12.2. The quantitative estimate of drug-likeness (QED) is 0.894. The van der Waals surface area contributed by atoms with Gasteiger partial charge in [0, 0.05) is 18.5 Å². The number of rotatable bonds is 5. The average Bonchev–Trinajstić information content (AvgIpc) is 2.48. The Balaban J connectivity index is 1.74. The van der Waals surface area contributed by atoms with Crippen molar-refractivity contribution in [1.29, 1.82) is 0 Å². The Labute approximate surface area is 122 Å². The van der Waals surface area contributed by atoms with E-state index in [-0.39, 0.29) is 11.8 Å². The van der Waals surface area contributed by atoms with Crippen molar-refractivity contribution >= 4 is 5.91 Å². The molecule has 2 rings (SSSR count). The van der Waals surface area contributed by atoms with E-state index in [0.29, 0.717) is 6.04 Å². The minimum absolute atomic E-state index is 0.201. The van der Waals surface area contributed by atoms with Crippen LogP contribution in [0, 0.1) is 5.92 Å². The highest BCUT2D eigenvalue weighted by molar-refractivity contribution is 5.78. The first-order valence-electron chi connectivity index (χ1n) is 7.65. The van der Waals surface area contributed by atoms with E-state index in [2.05, 4.69) is 36.4 Å². The van der Waals surface area contributed by atoms with E-state index in [1.165, 1.54) is 18.4 Å². The zero-order valence-corrected chi connectivity index (χ0v) is 12.6. The second kappa shape index (κ2) is 7.44. The molecule has 2 atom stereocenters. The third-order valence-electron chi connectivity index (χ3n) is 4.30. The first-order chi connectivity index (χ1) is 9.66. The standard InChI is InChI=1S/C17H26N2O/c1-19(2)16-10-6-9-15(13-16)17(20)18-12-11-14-7-4-3-5-8-14/h3-5,7-8,15-16H,6,9-13H2,1-2H3,(H,18,20)/t15-,16+/m1/s1. The molecule has 1 aliphatic rings. The number of amides is 1. The lowest BCUT2D eigenvalue weighted by Crippen LogP contribution is -2.40. The number of hydrogen-bond acceptors (Lipinski definition) is 2. The Morgan fingerprint density at radius 3 is 2.70 bits per heavy atom. The van der Waals surface area contributed by atoms with E-state index in [1.807, 2.05) is 18.2 Å². The van der Waals surface area contributed by atoms with E-state index in [1.54, 1.807) is 0 Å². The Kier molecular flexibility index (Phi) is 5.60. The van der Waals surface area contributed by atoms with Gasteiger partial charge in [-0.2, -0.15) is 0 Å². The second-order valence-corrected chi connectivity index (χ2v) is 6.01. The second-order valence-electron chi connectivity index (χ2n) is 6.01. The van der Waals surface area contributed by atoms with Crippen molar-refractivity contribution in [2.45, 2.75) is 38.1 Å². The lowest BCUT2D eigenvalue weighted by molar-refractivity contribution is -0.126. The van der Waals surface area contributed by atoms with Gasteiger partial charge in [-0.3, -0.25) is 4.79 Å². The molecule has 0 unspecified atom stereocenters. The summed E-state index contributed by atoms with van der Waals surface area (Å²) in [7, 11) is 4.22. The predicted octanol–water partition coefficient (Wildman–Crippen LogP) is 2.47. The van der Waals surface area contributed by atoms with E-state index in [9.17, 15) is 4.79 Å². The monoisotopic (exact) mass is 274 g/mol. The van der Waals surface area contributed by atoms with Crippen LogP contribution >= 0.6 is 0 Å². The van der Waals surface area contributed by atoms with Gasteiger partial charge in [0.05, 0.1) is 0 Å². The van der Waals surface area contributed by atoms with Crippen LogP contribution < -0.4 is 5.32 Å². The zero-order chi connectivity index (χ0) is 14.4. The molecule has 20 heavy (non-hydrogen) atoms. The van der Waals surface area contributed by atoms with Crippen molar-refractivity contribution in [3.8, 4) is 0 Å². The molecule has 1 fully saturated rings. The third kappa shape index (κ3) is 4.34. The molecule has 1 aromatic rings. The fourth-order valence-corrected chi connectivity index (χ4v) is 2.99. The molecule has 1 aromatic carbocycles. The number of nitrogens with zero attached hydrogens (tertiary/aromatic N) is 1. The van der Waals surface area contributed by atoms with Gasteiger partial charge >= 0.3 is 0 Å². The Bertz CT molecular complexity index is 416. The molecule has 0 heterocycles. The van der Waals surface area contributed by atoms with Crippen LogP contribution in [0.25, 0.3) is 0 Å². The minimum Gasteiger partial charge on any atom is -0.356 e. The maximum absolute atomic E-state index is 12.2. The van der Waals surface area contributed by atoms with Crippen molar-refractivity contribution in [3.63, 3.8) is 0 Å². The molecule has 1 N–H and O–H groups in total. The van der Waals surface area contributed by atoms with Crippen molar-refractivity contribution in [1.82, 2.24) is 10.2 Å². The van der Waals surface area contributed by atoms with Crippen LogP contribution in [0.2, 0.25) is 0 Å². The van der Waals surface area contributed by atoms with Gasteiger partial charge in [0.2, 0.25) is 5.91 Å². The molecule has 0 bridgehead atoms. The Morgan fingerprint density at radius 1 is 1.25 bits per heavy atom. The average molecular weight is 274 g/mol. The first-order valence-corrected chi connectivity index (χ1v) is 7.65. The van der Waals surface area contributed by atoms with E-state index < -0.39 is 0 Å². The number of nitrogens with one attached hydrogen (secondary N) is 1. The van der Waals surface area contributed by atoms with Crippen molar-refractivity contribution < 1.29 is 4.79 Å². The van der Waals surface area contributed by atoms with Gasteiger partial charge in [0.1, 0.15) is 0 Å². The molecule has 110 valence electrons. The summed E-state index contributed by atoms with van der Waals surface area (Å²) in [6, 6.07) is 10.9. The molecule has 0 aromatic heterocycles. The van der Waals surface area contributed by atoms with E-state index in [4.69, 9.17) is 0 Å². The third-order valence-corrected chi connectivity index (χ3v) is 4.30. The van der Waals surface area contributed by atoms with Gasteiger partial charge in [-0.1, -0.05) is 36.8 Å². The summed E-state index contributed by atoms with van der Waals surface area (Å²) in [6.07, 6.45) is 5.35. The summed E-state index contributed by atoms with van der Waals surface area (Å²) in [6.45, 7) is 0.742. The first kappa shape index (κ1) is 15.0. The van der Waals surface area contributed by atoms with E-state index in [0.717, 1.165) is 25.8 Å². The molecule has 0 radical (unpaired) electrons. The summed E-state index contributed by atoms with van der Waals surface area (Å²) in [5.41, 5.74) is 1.28. The lowest BCUT2D eigenvalue weighted by Gasteiger charge is -2.32. The van der Waals surface area contributed by atoms with Crippen LogP contribution in [0.15, 0.2) is 30.3 Å². The number of hydrogen-bond donors (Lipinski definition) is 1. The highest BCUT2D eigenvalue weighted by Crippen LogP contribution is 2.26. The van der Waals surface area contributed by atoms with Gasteiger partial charge < -0.3 is 10.2 Å². The van der Waals surface area contributed by atoms with Gasteiger partial charge in [0.15, 0.2) is 0 Å². The van der Waals surface area contributed by atoms with Crippen molar-refractivity contribution in [3.05, 3.63) is 35.9 Å². The largest absolute Gasteiger partial charge is 0.356 e. The highest BCUT2D eigenvalue weighted by atomic mass is 16.1. The molecular weight excluding hydrogens is 248 g/mol. The van der Waals surface area contributed by atoms with Gasteiger partial charge in [-0.05, 0) is 45.3 Å². The molecule has 1 amide bonds. The van der Waals surface area contributed by atoms with E-state index >= 15 is 0 Å². The zero-order valence-electron chi connectivity index (χ0n) is 12.6. The topological polar surface area (TPSA) is 32.3 Å². The Morgan fingerprint density at radius 2 is 2.00 bits per heavy atom. The smallest absolute Gasteiger partial charge is 0.223 e. The van der Waals surface area contributed by atoms with Crippen molar-refractivity contribution in [2.24, 2.45) is 5.92 Å². The molecule has 1 aliphatic carbocycles. The highest BCUT2D eigenvalue weighted by Gasteiger charge is 2.27. The number of carbonyl (C=O) groups is 1. The molecule has 3 nitrogen and oxygen atoms in total. The van der Waals surface area contributed by atoms with Crippen LogP contribution in [0.3, 0.4) is 0 Å². The van der Waals surface area contributed by atoms with Gasteiger partial charge in [-0.25, -0.2) is 0 Å². The summed E-state index contributed by atoms with van der Waals surface area (Å²) in [5.74, 6) is 0.444. The molecule has 0 spiro atoms. The summed E-state index contributed by atoms with van der Waals surface area (Å²) in [4.78, 5) is 14.5. The molecule has 0 aliphatic heterocycles. The van der Waals surface area contributed by atoms with Gasteiger partial charge in [0.25, 0.3) is 0 Å². The fraction of sp³-hybridized carbons (Fsp3) is 0.588.